The Balaban J connectivity index is 2.39. The first-order valence-corrected chi connectivity index (χ1v) is 4.65. The molecule has 0 aliphatic rings. The van der Waals surface area contributed by atoms with Crippen LogP contribution in [0.15, 0.2) is 12.4 Å². The molecule has 0 bridgehead atoms. The lowest BCUT2D eigenvalue weighted by Crippen LogP contribution is -2.22. The Kier molecular flexibility index (Phi) is 4.42. The average Bonchev–Trinajstić information content (AvgIpc) is 2.25. The largest absolute Gasteiger partial charge is 0.353 e. The highest BCUT2D eigenvalue weighted by Gasteiger charge is 2.05. The van der Waals surface area contributed by atoms with Gasteiger partial charge >= 0.3 is 5.69 Å². The standard InChI is InChI=1S/C8H13N5O2/c1-2-9-3-4-10-8-11-5-7(6-12-8)13(14)15/h5-6,9H,2-4H2,1H3,(H,10,11,12). The maximum absolute atomic E-state index is 10.3. The summed E-state index contributed by atoms with van der Waals surface area (Å²) < 4.78 is 0. The summed E-state index contributed by atoms with van der Waals surface area (Å²) in [5.74, 6) is 0.401. The molecule has 0 radical (unpaired) electrons. The van der Waals surface area contributed by atoms with Crippen LogP contribution in [0.1, 0.15) is 6.92 Å². The Bertz CT molecular complexity index is 313. The molecule has 7 nitrogen and oxygen atoms in total. The topological polar surface area (TPSA) is 93.0 Å². The van der Waals surface area contributed by atoms with E-state index in [-0.39, 0.29) is 5.69 Å². The molecule has 1 aromatic heterocycles. The predicted molar refractivity (Wildman–Crippen MR) is 55.7 cm³/mol. The Hall–Kier alpha value is -1.76. The minimum atomic E-state index is -0.525. The molecule has 1 heterocycles. The zero-order chi connectivity index (χ0) is 11.1. The number of hydrogen-bond donors (Lipinski definition) is 2. The summed E-state index contributed by atoms with van der Waals surface area (Å²) in [4.78, 5) is 17.4. The predicted octanol–water partition coefficient (Wildman–Crippen LogP) is 0.406. The van der Waals surface area contributed by atoms with Crippen molar-refractivity contribution in [2.24, 2.45) is 0 Å². The summed E-state index contributed by atoms with van der Waals surface area (Å²) >= 11 is 0. The van der Waals surface area contributed by atoms with Gasteiger partial charge in [-0.05, 0) is 6.54 Å². The van der Waals surface area contributed by atoms with Crippen LogP contribution in [-0.4, -0.2) is 34.5 Å². The minimum absolute atomic E-state index is 0.104. The first-order chi connectivity index (χ1) is 7.24. The van der Waals surface area contributed by atoms with Crippen molar-refractivity contribution in [2.45, 2.75) is 6.92 Å². The van der Waals surface area contributed by atoms with Crippen LogP contribution in [0.4, 0.5) is 11.6 Å². The molecule has 0 saturated heterocycles. The van der Waals surface area contributed by atoms with E-state index < -0.39 is 4.92 Å². The third-order valence-corrected chi connectivity index (χ3v) is 1.68. The monoisotopic (exact) mass is 211 g/mol. The summed E-state index contributed by atoms with van der Waals surface area (Å²) in [5.41, 5.74) is -0.104. The SMILES string of the molecule is CCNCCNc1ncc([N+](=O)[O-])cn1. The van der Waals surface area contributed by atoms with Crippen LogP contribution in [0.3, 0.4) is 0 Å². The van der Waals surface area contributed by atoms with Crippen molar-refractivity contribution >= 4 is 11.6 Å². The Labute approximate surface area is 87.1 Å². The van der Waals surface area contributed by atoms with E-state index in [1.54, 1.807) is 0 Å². The van der Waals surface area contributed by atoms with Crippen molar-refractivity contribution in [1.29, 1.82) is 0 Å². The molecule has 0 aliphatic carbocycles. The average molecular weight is 211 g/mol. The highest BCUT2D eigenvalue weighted by Crippen LogP contribution is 2.07. The third-order valence-electron chi connectivity index (χ3n) is 1.68. The van der Waals surface area contributed by atoms with Crippen LogP contribution < -0.4 is 10.6 Å². The highest BCUT2D eigenvalue weighted by molar-refractivity contribution is 5.30. The van der Waals surface area contributed by atoms with Gasteiger partial charge in [-0.2, -0.15) is 0 Å². The van der Waals surface area contributed by atoms with Crippen LogP contribution in [-0.2, 0) is 0 Å². The van der Waals surface area contributed by atoms with Crippen molar-refractivity contribution in [3.8, 4) is 0 Å². The Morgan fingerprint density at radius 3 is 2.60 bits per heavy atom. The normalized spacial score (nSPS) is 9.93. The van der Waals surface area contributed by atoms with Gasteiger partial charge in [-0.15, -0.1) is 0 Å². The fraction of sp³-hybridized carbons (Fsp3) is 0.500. The molecule has 0 aromatic carbocycles. The van der Waals surface area contributed by atoms with E-state index in [4.69, 9.17) is 0 Å². The lowest BCUT2D eigenvalue weighted by Gasteiger charge is -2.03. The number of nitrogens with zero attached hydrogens (tertiary/aromatic N) is 3. The van der Waals surface area contributed by atoms with Gasteiger partial charge in [0.15, 0.2) is 0 Å². The molecule has 0 atom stereocenters. The first-order valence-electron chi connectivity index (χ1n) is 4.65. The van der Waals surface area contributed by atoms with E-state index in [1.807, 2.05) is 6.92 Å². The van der Waals surface area contributed by atoms with E-state index in [9.17, 15) is 10.1 Å². The molecular formula is C8H13N5O2. The molecule has 2 N–H and O–H groups in total. The van der Waals surface area contributed by atoms with Gasteiger partial charge in [-0.1, -0.05) is 6.92 Å². The van der Waals surface area contributed by atoms with Gasteiger partial charge in [0.1, 0.15) is 12.4 Å². The number of aromatic nitrogens is 2. The molecule has 7 heteroatoms. The molecule has 15 heavy (non-hydrogen) atoms. The van der Waals surface area contributed by atoms with Crippen LogP contribution in [0.2, 0.25) is 0 Å². The summed E-state index contributed by atoms with van der Waals surface area (Å²) in [6.07, 6.45) is 2.37. The molecule has 0 saturated carbocycles. The smallest absolute Gasteiger partial charge is 0.305 e. The number of likely N-dealkylation sites (N-methyl/N-ethyl adjacent to an activating group) is 1. The Morgan fingerprint density at radius 2 is 2.07 bits per heavy atom. The molecule has 1 aromatic rings. The summed E-state index contributed by atoms with van der Waals surface area (Å²) in [6, 6.07) is 0. The second kappa shape index (κ2) is 5.86. The zero-order valence-electron chi connectivity index (χ0n) is 8.43. The second-order valence-electron chi connectivity index (χ2n) is 2.80. The summed E-state index contributed by atoms with van der Waals surface area (Å²) in [6.45, 7) is 4.41. The molecule has 1 rings (SSSR count). The van der Waals surface area contributed by atoms with Gasteiger partial charge in [-0.25, -0.2) is 9.97 Å². The number of nitro groups is 1. The van der Waals surface area contributed by atoms with E-state index in [2.05, 4.69) is 20.6 Å². The van der Waals surface area contributed by atoms with Crippen LogP contribution in [0, 0.1) is 10.1 Å². The molecule has 0 unspecified atom stereocenters. The van der Waals surface area contributed by atoms with Gasteiger partial charge in [0.05, 0.1) is 4.92 Å². The number of hydrogen-bond acceptors (Lipinski definition) is 6. The van der Waals surface area contributed by atoms with Crippen molar-refractivity contribution in [1.82, 2.24) is 15.3 Å². The van der Waals surface area contributed by atoms with Crippen LogP contribution in [0.25, 0.3) is 0 Å². The third kappa shape index (κ3) is 3.86. The number of nitrogens with one attached hydrogen (secondary N) is 2. The molecule has 0 aliphatic heterocycles. The maximum atomic E-state index is 10.3. The van der Waals surface area contributed by atoms with Crippen molar-refractivity contribution in [2.75, 3.05) is 25.0 Å². The van der Waals surface area contributed by atoms with Gasteiger partial charge in [0.2, 0.25) is 5.95 Å². The lowest BCUT2D eigenvalue weighted by atomic mass is 10.5. The Morgan fingerprint density at radius 1 is 1.40 bits per heavy atom. The van der Waals surface area contributed by atoms with E-state index in [0.717, 1.165) is 13.1 Å². The van der Waals surface area contributed by atoms with Gasteiger partial charge < -0.3 is 10.6 Å². The number of rotatable bonds is 6. The van der Waals surface area contributed by atoms with Gasteiger partial charge in [-0.3, -0.25) is 10.1 Å². The first kappa shape index (κ1) is 11.3. The maximum Gasteiger partial charge on any atom is 0.305 e. The van der Waals surface area contributed by atoms with E-state index >= 15 is 0 Å². The van der Waals surface area contributed by atoms with Crippen molar-refractivity contribution in [3.05, 3.63) is 22.5 Å². The molecule has 0 fully saturated rings. The fourth-order valence-electron chi connectivity index (χ4n) is 0.946. The van der Waals surface area contributed by atoms with E-state index in [1.165, 1.54) is 12.4 Å². The second-order valence-corrected chi connectivity index (χ2v) is 2.80. The quantitative estimate of drug-likeness (QED) is 0.402. The van der Waals surface area contributed by atoms with Crippen LogP contribution >= 0.6 is 0 Å². The minimum Gasteiger partial charge on any atom is -0.353 e. The zero-order valence-corrected chi connectivity index (χ0v) is 8.43. The lowest BCUT2D eigenvalue weighted by molar-refractivity contribution is -0.385. The summed E-state index contributed by atoms with van der Waals surface area (Å²) in [7, 11) is 0. The van der Waals surface area contributed by atoms with E-state index in [0.29, 0.717) is 12.5 Å². The number of anilines is 1. The van der Waals surface area contributed by atoms with Gasteiger partial charge in [0.25, 0.3) is 0 Å². The van der Waals surface area contributed by atoms with Gasteiger partial charge in [0, 0.05) is 13.1 Å². The fourth-order valence-corrected chi connectivity index (χ4v) is 0.946. The molecule has 82 valence electrons. The summed E-state index contributed by atoms with van der Waals surface area (Å²) in [5, 5.41) is 16.4. The molecular weight excluding hydrogens is 198 g/mol. The highest BCUT2D eigenvalue weighted by atomic mass is 16.6. The molecule has 0 amide bonds. The molecule has 0 spiro atoms. The van der Waals surface area contributed by atoms with Crippen molar-refractivity contribution < 1.29 is 4.92 Å². The van der Waals surface area contributed by atoms with Crippen molar-refractivity contribution in [3.63, 3.8) is 0 Å². The van der Waals surface area contributed by atoms with Crippen LogP contribution in [0.5, 0.6) is 0 Å².